The van der Waals surface area contributed by atoms with Gasteiger partial charge in [0.25, 0.3) is 0 Å². The summed E-state index contributed by atoms with van der Waals surface area (Å²) in [4.78, 5) is 0. The molecule has 0 aliphatic carbocycles. The summed E-state index contributed by atoms with van der Waals surface area (Å²) >= 11 is 5.88. The fraction of sp³-hybridized carbons (Fsp3) is 0. The number of nitrogens with zero attached hydrogens (tertiary/aromatic N) is 1. The summed E-state index contributed by atoms with van der Waals surface area (Å²) in [6.45, 7) is 0. The van der Waals surface area contributed by atoms with Gasteiger partial charge in [0.1, 0.15) is 0 Å². The Morgan fingerprint density at radius 2 is 1.72 bits per heavy atom. The monoisotopic (exact) mass is 266 g/mol. The van der Waals surface area contributed by atoms with Crippen molar-refractivity contribution in [1.29, 1.82) is 0 Å². The maximum absolute atomic E-state index is 13.0. The Kier molecular flexibility index (Phi) is 3.89. The van der Waals surface area contributed by atoms with Gasteiger partial charge in [-0.3, -0.25) is 5.43 Å². The largest absolute Gasteiger partial charge is 0.277 e. The van der Waals surface area contributed by atoms with Crippen LogP contribution in [0, 0.1) is 11.6 Å². The Morgan fingerprint density at radius 1 is 1.00 bits per heavy atom. The lowest BCUT2D eigenvalue weighted by atomic mass is 10.2. The molecule has 2 aromatic carbocycles. The van der Waals surface area contributed by atoms with Crippen LogP contribution in [-0.2, 0) is 0 Å². The van der Waals surface area contributed by atoms with Gasteiger partial charge in [0.05, 0.1) is 5.69 Å². The van der Waals surface area contributed by atoms with Crippen LogP contribution in [0.1, 0.15) is 5.56 Å². The zero-order valence-electron chi connectivity index (χ0n) is 9.20. The summed E-state index contributed by atoms with van der Waals surface area (Å²) in [5.74, 6) is -1.88. The number of hydrogen-bond acceptors (Lipinski definition) is 2. The molecule has 0 radical (unpaired) electrons. The van der Waals surface area contributed by atoms with E-state index in [4.69, 9.17) is 11.6 Å². The summed E-state index contributed by atoms with van der Waals surface area (Å²) < 4.78 is 25.7. The lowest BCUT2D eigenvalue weighted by Crippen LogP contribution is -1.98. The molecule has 0 saturated heterocycles. The molecule has 18 heavy (non-hydrogen) atoms. The molecule has 0 bridgehead atoms. The Balaban J connectivity index is 2.15. The molecule has 0 aromatic heterocycles. The average molecular weight is 267 g/mol. The number of hydrogen-bond donors (Lipinski definition) is 1. The zero-order chi connectivity index (χ0) is 13.0. The number of rotatable bonds is 3. The molecule has 0 amide bonds. The molecule has 0 heterocycles. The fourth-order valence-corrected chi connectivity index (χ4v) is 1.48. The normalized spacial score (nSPS) is 11.4. The highest BCUT2D eigenvalue weighted by Gasteiger charge is 2.06. The summed E-state index contributed by atoms with van der Waals surface area (Å²) in [6, 6.07) is 12.5. The van der Waals surface area contributed by atoms with Crippen molar-refractivity contribution in [3.63, 3.8) is 0 Å². The van der Waals surface area contributed by atoms with Gasteiger partial charge in [-0.05, 0) is 30.3 Å². The Hall–Kier alpha value is -1.94. The first-order valence-electron chi connectivity index (χ1n) is 5.16. The van der Waals surface area contributed by atoms with Crippen LogP contribution in [0.4, 0.5) is 14.5 Å². The van der Waals surface area contributed by atoms with Crippen molar-refractivity contribution in [2.75, 3.05) is 5.43 Å². The van der Waals surface area contributed by atoms with E-state index >= 15 is 0 Å². The molecule has 2 rings (SSSR count). The molecule has 2 nitrogen and oxygen atoms in total. The molecule has 0 aliphatic rings. The third-order valence-corrected chi connectivity index (χ3v) is 2.52. The number of anilines is 1. The molecule has 0 atom stereocenters. The predicted octanol–water partition coefficient (Wildman–Crippen LogP) is 3.98. The van der Waals surface area contributed by atoms with Gasteiger partial charge in [-0.15, -0.1) is 0 Å². The first-order valence-corrected chi connectivity index (χ1v) is 5.54. The number of para-hydroxylation sites is 1. The molecule has 0 saturated carbocycles. The van der Waals surface area contributed by atoms with Crippen LogP contribution in [0.25, 0.3) is 0 Å². The third-order valence-electron chi connectivity index (χ3n) is 2.21. The molecule has 0 unspecified atom stereocenters. The highest BCUT2D eigenvalue weighted by molar-refractivity contribution is 6.69. The zero-order valence-corrected chi connectivity index (χ0v) is 9.96. The molecule has 0 aliphatic heterocycles. The second-order valence-electron chi connectivity index (χ2n) is 3.51. The molecule has 1 N–H and O–H groups in total. The topological polar surface area (TPSA) is 24.4 Å². The smallest absolute Gasteiger partial charge is 0.159 e. The van der Waals surface area contributed by atoms with Crippen molar-refractivity contribution >= 4 is 22.5 Å². The lowest BCUT2D eigenvalue weighted by molar-refractivity contribution is 0.508. The quantitative estimate of drug-likeness (QED) is 0.660. The van der Waals surface area contributed by atoms with Crippen molar-refractivity contribution in [1.82, 2.24) is 0 Å². The second-order valence-corrected chi connectivity index (χ2v) is 3.87. The molecule has 2 aromatic rings. The van der Waals surface area contributed by atoms with Gasteiger partial charge in [0.15, 0.2) is 16.8 Å². The van der Waals surface area contributed by atoms with Crippen molar-refractivity contribution in [2.45, 2.75) is 0 Å². The van der Waals surface area contributed by atoms with Crippen LogP contribution in [0.3, 0.4) is 0 Å². The predicted molar refractivity (Wildman–Crippen MR) is 68.8 cm³/mol. The Bertz CT molecular complexity index is 570. The summed E-state index contributed by atoms with van der Waals surface area (Å²) in [7, 11) is 0. The molecule has 5 heteroatoms. The fourth-order valence-electron chi connectivity index (χ4n) is 1.32. The van der Waals surface area contributed by atoms with E-state index in [1.54, 1.807) is 12.1 Å². The van der Waals surface area contributed by atoms with E-state index in [0.29, 0.717) is 5.56 Å². The van der Waals surface area contributed by atoms with E-state index in [1.165, 1.54) is 6.07 Å². The first-order chi connectivity index (χ1) is 8.66. The van der Waals surface area contributed by atoms with Crippen LogP contribution >= 0.6 is 11.6 Å². The van der Waals surface area contributed by atoms with Gasteiger partial charge in [0, 0.05) is 5.56 Å². The lowest BCUT2D eigenvalue weighted by Gasteiger charge is -2.02. The van der Waals surface area contributed by atoms with Crippen molar-refractivity contribution in [3.05, 3.63) is 65.7 Å². The van der Waals surface area contributed by atoms with Gasteiger partial charge >= 0.3 is 0 Å². The van der Waals surface area contributed by atoms with Gasteiger partial charge in [-0.2, -0.15) is 5.10 Å². The van der Waals surface area contributed by atoms with E-state index < -0.39 is 11.6 Å². The number of halogens is 3. The average Bonchev–Trinajstić information content (AvgIpc) is 2.40. The van der Waals surface area contributed by atoms with Crippen LogP contribution in [0.2, 0.25) is 0 Å². The summed E-state index contributed by atoms with van der Waals surface area (Å²) in [6.07, 6.45) is 0. The minimum Gasteiger partial charge on any atom is -0.277 e. The third kappa shape index (κ3) is 3.05. The van der Waals surface area contributed by atoms with Crippen LogP contribution < -0.4 is 5.43 Å². The molecular weight excluding hydrogens is 258 g/mol. The van der Waals surface area contributed by atoms with Crippen molar-refractivity contribution in [3.8, 4) is 0 Å². The van der Waals surface area contributed by atoms with Crippen molar-refractivity contribution < 1.29 is 8.78 Å². The molecule has 0 fully saturated rings. The number of hydrazone groups is 1. The van der Waals surface area contributed by atoms with Gasteiger partial charge in [-0.25, -0.2) is 8.78 Å². The number of nitrogens with one attached hydrogen (secondary N) is 1. The maximum atomic E-state index is 13.0. The highest BCUT2D eigenvalue weighted by Crippen LogP contribution is 2.12. The van der Waals surface area contributed by atoms with Crippen molar-refractivity contribution in [2.24, 2.45) is 5.10 Å². The van der Waals surface area contributed by atoms with E-state index in [9.17, 15) is 8.78 Å². The van der Waals surface area contributed by atoms with E-state index in [1.807, 2.05) is 18.2 Å². The van der Waals surface area contributed by atoms with Crippen LogP contribution in [-0.4, -0.2) is 5.17 Å². The van der Waals surface area contributed by atoms with Crippen LogP contribution in [0.15, 0.2) is 53.6 Å². The second kappa shape index (κ2) is 5.60. The van der Waals surface area contributed by atoms with Crippen LogP contribution in [0.5, 0.6) is 0 Å². The molecule has 92 valence electrons. The Labute approximate surface area is 108 Å². The standard InChI is InChI=1S/C13H9ClF2N2/c14-13(9-6-7-11(15)12(16)8-9)18-17-10-4-2-1-3-5-10/h1-8,17H. The summed E-state index contributed by atoms with van der Waals surface area (Å²) in [5, 5.41) is 3.93. The minimum absolute atomic E-state index is 0.0535. The highest BCUT2D eigenvalue weighted by atomic mass is 35.5. The van der Waals surface area contributed by atoms with Gasteiger partial charge in [-0.1, -0.05) is 29.8 Å². The Morgan fingerprint density at radius 3 is 2.39 bits per heavy atom. The first kappa shape index (κ1) is 12.5. The number of benzene rings is 2. The maximum Gasteiger partial charge on any atom is 0.159 e. The molecule has 0 spiro atoms. The minimum atomic E-state index is -0.958. The van der Waals surface area contributed by atoms with Gasteiger partial charge < -0.3 is 0 Å². The van der Waals surface area contributed by atoms with E-state index in [2.05, 4.69) is 10.5 Å². The summed E-state index contributed by atoms with van der Waals surface area (Å²) in [5.41, 5.74) is 3.77. The van der Waals surface area contributed by atoms with Gasteiger partial charge in [0.2, 0.25) is 0 Å². The molecular formula is C13H9ClF2N2. The van der Waals surface area contributed by atoms with E-state index in [-0.39, 0.29) is 5.17 Å². The van der Waals surface area contributed by atoms with E-state index in [0.717, 1.165) is 17.8 Å². The SMILES string of the molecule is Fc1ccc(C(Cl)=NNc2ccccc2)cc1F.